The van der Waals surface area contributed by atoms with Gasteiger partial charge in [0.25, 0.3) is 0 Å². The van der Waals surface area contributed by atoms with Gasteiger partial charge < -0.3 is 9.47 Å². The van der Waals surface area contributed by atoms with Crippen molar-refractivity contribution in [2.45, 2.75) is 25.6 Å². The molecule has 3 heterocycles. The molecular weight excluding hydrogens is 436 g/mol. The average molecular weight is 455 g/mol. The molecule has 28 heavy (non-hydrogen) atoms. The molecule has 6 heteroatoms. The summed E-state index contributed by atoms with van der Waals surface area (Å²) in [7, 11) is 0. The van der Waals surface area contributed by atoms with Gasteiger partial charge in [0, 0.05) is 16.5 Å². The standard InChI is InChI=1S/C22H19BrN2O2S/c1-2-26-19-10-9-14(23)12-16(19)22-25-18(15-6-3-4-7-20(15)27-22)13-17(24-25)21-8-5-11-28-21/h3-12,18,22H,2,13H2,1H3/t18-,22-/m1/s1. The first-order chi connectivity index (χ1) is 13.7. The molecule has 4 nitrogen and oxygen atoms in total. The zero-order valence-corrected chi connectivity index (χ0v) is 17.7. The molecule has 2 aliphatic rings. The second-order valence-electron chi connectivity index (χ2n) is 6.75. The van der Waals surface area contributed by atoms with E-state index in [-0.39, 0.29) is 12.3 Å². The molecule has 0 saturated heterocycles. The van der Waals surface area contributed by atoms with Gasteiger partial charge >= 0.3 is 0 Å². The Morgan fingerprint density at radius 2 is 2.07 bits per heavy atom. The SMILES string of the molecule is CCOc1ccc(Br)cc1[C@H]1Oc2ccccc2[C@H]2CC(c3cccs3)=NN21. The number of benzene rings is 2. The number of hydrogen-bond donors (Lipinski definition) is 0. The third-order valence-electron chi connectivity index (χ3n) is 5.04. The van der Waals surface area contributed by atoms with Gasteiger partial charge in [-0.05, 0) is 42.6 Å². The average Bonchev–Trinajstić information content (AvgIpc) is 3.39. The molecule has 3 aromatic rings. The van der Waals surface area contributed by atoms with Gasteiger partial charge in [-0.25, -0.2) is 5.01 Å². The summed E-state index contributed by atoms with van der Waals surface area (Å²) < 4.78 is 13.4. The summed E-state index contributed by atoms with van der Waals surface area (Å²) in [6.45, 7) is 2.60. The quantitative estimate of drug-likeness (QED) is 0.473. The van der Waals surface area contributed by atoms with Gasteiger partial charge in [0.05, 0.1) is 28.8 Å². The van der Waals surface area contributed by atoms with Gasteiger partial charge in [0.1, 0.15) is 11.5 Å². The number of hydrazone groups is 1. The van der Waals surface area contributed by atoms with Crippen LogP contribution in [0.1, 0.15) is 41.6 Å². The van der Waals surface area contributed by atoms with Crippen LogP contribution in [-0.4, -0.2) is 17.3 Å². The molecule has 0 bridgehead atoms. The summed E-state index contributed by atoms with van der Waals surface area (Å²) in [5.41, 5.74) is 3.27. The van der Waals surface area contributed by atoms with Crippen molar-refractivity contribution in [1.82, 2.24) is 5.01 Å². The smallest absolute Gasteiger partial charge is 0.217 e. The van der Waals surface area contributed by atoms with Gasteiger partial charge in [-0.3, -0.25) is 0 Å². The van der Waals surface area contributed by atoms with Crippen LogP contribution >= 0.6 is 27.3 Å². The topological polar surface area (TPSA) is 34.1 Å². The van der Waals surface area contributed by atoms with Crippen LogP contribution in [0.25, 0.3) is 0 Å². The van der Waals surface area contributed by atoms with Crippen molar-refractivity contribution < 1.29 is 9.47 Å². The number of rotatable bonds is 4. The second kappa shape index (κ2) is 7.26. The maximum absolute atomic E-state index is 6.46. The molecule has 142 valence electrons. The van der Waals surface area contributed by atoms with Gasteiger partial charge in [-0.15, -0.1) is 11.3 Å². The van der Waals surface area contributed by atoms with E-state index in [1.165, 1.54) is 10.4 Å². The molecule has 2 aliphatic heterocycles. The first-order valence-corrected chi connectivity index (χ1v) is 11.0. The lowest BCUT2D eigenvalue weighted by atomic mass is 9.97. The Hall–Kier alpha value is -2.31. The Morgan fingerprint density at radius 1 is 1.18 bits per heavy atom. The van der Waals surface area contributed by atoms with E-state index >= 15 is 0 Å². The van der Waals surface area contributed by atoms with Gasteiger partial charge in [0.15, 0.2) is 0 Å². The molecule has 1 aromatic heterocycles. The van der Waals surface area contributed by atoms with Gasteiger partial charge in [-0.2, -0.15) is 5.10 Å². The van der Waals surface area contributed by atoms with E-state index in [0.717, 1.165) is 33.7 Å². The minimum Gasteiger partial charge on any atom is -0.493 e. The summed E-state index contributed by atoms with van der Waals surface area (Å²) in [5, 5.41) is 9.20. The lowest BCUT2D eigenvalue weighted by Gasteiger charge is -2.38. The highest BCUT2D eigenvalue weighted by Crippen LogP contribution is 2.49. The van der Waals surface area contributed by atoms with Gasteiger partial charge in [0.2, 0.25) is 6.23 Å². The predicted octanol–water partition coefficient (Wildman–Crippen LogP) is 6.15. The van der Waals surface area contributed by atoms with Crippen molar-refractivity contribution >= 4 is 33.0 Å². The lowest BCUT2D eigenvalue weighted by Crippen LogP contribution is -2.34. The van der Waals surface area contributed by atoms with E-state index in [2.05, 4.69) is 56.7 Å². The molecule has 5 rings (SSSR count). The number of ether oxygens (including phenoxy) is 2. The fraction of sp³-hybridized carbons (Fsp3) is 0.227. The first-order valence-electron chi connectivity index (χ1n) is 9.32. The van der Waals surface area contributed by atoms with Crippen molar-refractivity contribution in [1.29, 1.82) is 0 Å². The Labute approximate surface area is 176 Å². The normalized spacial score (nSPS) is 20.2. The highest BCUT2D eigenvalue weighted by Gasteiger charge is 2.42. The number of para-hydroxylation sites is 1. The van der Waals surface area contributed by atoms with Crippen LogP contribution in [0.5, 0.6) is 11.5 Å². The molecular formula is C22H19BrN2O2S. The number of hydrogen-bond acceptors (Lipinski definition) is 5. The molecule has 0 amide bonds. The van der Waals surface area contributed by atoms with Crippen LogP contribution in [-0.2, 0) is 0 Å². The Kier molecular flexibility index (Phi) is 4.61. The van der Waals surface area contributed by atoms with E-state index in [1.807, 2.05) is 31.2 Å². The van der Waals surface area contributed by atoms with Crippen molar-refractivity contribution in [3.05, 3.63) is 80.5 Å². The van der Waals surface area contributed by atoms with Crippen LogP contribution in [0.15, 0.2) is 69.6 Å². The van der Waals surface area contributed by atoms with Crippen molar-refractivity contribution in [2.75, 3.05) is 6.61 Å². The van der Waals surface area contributed by atoms with Crippen LogP contribution in [0.4, 0.5) is 0 Å². The Bertz CT molecular complexity index is 1030. The number of halogens is 1. The maximum atomic E-state index is 6.46. The van der Waals surface area contributed by atoms with E-state index in [9.17, 15) is 0 Å². The van der Waals surface area contributed by atoms with Crippen LogP contribution in [0.2, 0.25) is 0 Å². The van der Waals surface area contributed by atoms with Crippen LogP contribution in [0, 0.1) is 0 Å². The maximum Gasteiger partial charge on any atom is 0.217 e. The van der Waals surface area contributed by atoms with Crippen LogP contribution in [0.3, 0.4) is 0 Å². The van der Waals surface area contributed by atoms with Gasteiger partial charge in [-0.1, -0.05) is 40.2 Å². The van der Waals surface area contributed by atoms with Crippen molar-refractivity contribution in [2.24, 2.45) is 5.10 Å². The minimum atomic E-state index is -0.337. The monoisotopic (exact) mass is 454 g/mol. The zero-order valence-electron chi connectivity index (χ0n) is 15.3. The van der Waals surface area contributed by atoms with E-state index in [4.69, 9.17) is 14.6 Å². The second-order valence-corrected chi connectivity index (χ2v) is 8.61. The third kappa shape index (κ3) is 3.01. The molecule has 0 fully saturated rings. The lowest BCUT2D eigenvalue weighted by molar-refractivity contribution is -0.0206. The molecule has 0 spiro atoms. The van der Waals surface area contributed by atoms with Crippen molar-refractivity contribution in [3.8, 4) is 11.5 Å². The summed E-state index contributed by atoms with van der Waals surface area (Å²) >= 11 is 5.33. The summed E-state index contributed by atoms with van der Waals surface area (Å²) in [4.78, 5) is 1.21. The summed E-state index contributed by atoms with van der Waals surface area (Å²) in [6.07, 6.45) is 0.534. The van der Waals surface area contributed by atoms with Crippen LogP contribution < -0.4 is 9.47 Å². The predicted molar refractivity (Wildman–Crippen MR) is 115 cm³/mol. The molecule has 2 atom stereocenters. The highest BCUT2D eigenvalue weighted by atomic mass is 79.9. The molecule has 0 N–H and O–H groups in total. The Balaban J connectivity index is 1.63. The molecule has 2 aromatic carbocycles. The molecule has 0 aliphatic carbocycles. The van der Waals surface area contributed by atoms with E-state index in [0.29, 0.717) is 6.61 Å². The fourth-order valence-electron chi connectivity index (χ4n) is 3.83. The van der Waals surface area contributed by atoms with E-state index < -0.39 is 0 Å². The highest BCUT2D eigenvalue weighted by molar-refractivity contribution is 9.10. The molecule has 0 unspecified atom stereocenters. The van der Waals surface area contributed by atoms with E-state index in [1.54, 1.807) is 11.3 Å². The third-order valence-corrected chi connectivity index (χ3v) is 6.45. The first kappa shape index (κ1) is 17.8. The summed E-state index contributed by atoms with van der Waals surface area (Å²) in [6, 6.07) is 18.7. The number of thiophene rings is 1. The molecule has 0 radical (unpaired) electrons. The fourth-order valence-corrected chi connectivity index (χ4v) is 4.93. The van der Waals surface area contributed by atoms with Crippen molar-refractivity contribution in [3.63, 3.8) is 0 Å². The Morgan fingerprint density at radius 3 is 2.89 bits per heavy atom. The zero-order chi connectivity index (χ0) is 19.1. The molecule has 0 saturated carbocycles. The number of fused-ring (bicyclic) bond motifs is 3. The number of nitrogens with zero attached hydrogens (tertiary/aromatic N) is 2. The minimum absolute atomic E-state index is 0.153. The largest absolute Gasteiger partial charge is 0.493 e. The summed E-state index contributed by atoms with van der Waals surface area (Å²) in [5.74, 6) is 1.74.